The van der Waals surface area contributed by atoms with Crippen molar-refractivity contribution in [2.24, 2.45) is 0 Å². The molecule has 0 fully saturated rings. The van der Waals surface area contributed by atoms with Gasteiger partial charge in [0.05, 0.1) is 4.90 Å². The zero-order valence-electron chi connectivity index (χ0n) is 15.8. The number of aryl methyl sites for hydroxylation is 1. The van der Waals surface area contributed by atoms with E-state index in [2.05, 4.69) is 0 Å². The van der Waals surface area contributed by atoms with Crippen molar-refractivity contribution in [2.75, 3.05) is 0 Å². The van der Waals surface area contributed by atoms with Gasteiger partial charge in [-0.15, -0.1) is 0 Å². The number of sulfone groups is 1. The predicted molar refractivity (Wildman–Crippen MR) is 111 cm³/mol. The molecule has 5 heteroatoms. The summed E-state index contributed by atoms with van der Waals surface area (Å²) >= 11 is 0. The Hall–Kier alpha value is -3.05. The minimum Gasteiger partial charge on any atom is -0.507 e. The first-order chi connectivity index (χ1) is 13.9. The summed E-state index contributed by atoms with van der Waals surface area (Å²) in [6, 6.07) is 15.4. The van der Waals surface area contributed by atoms with E-state index >= 15 is 0 Å². The Morgan fingerprint density at radius 1 is 0.828 bits per heavy atom. The molecule has 2 unspecified atom stereocenters. The van der Waals surface area contributed by atoms with E-state index in [4.69, 9.17) is 0 Å². The van der Waals surface area contributed by atoms with Gasteiger partial charge in [-0.25, -0.2) is 8.42 Å². The summed E-state index contributed by atoms with van der Waals surface area (Å²) in [4.78, 5) is -0.126. The van der Waals surface area contributed by atoms with Crippen molar-refractivity contribution in [2.45, 2.75) is 35.0 Å². The fourth-order valence-corrected chi connectivity index (χ4v) is 6.16. The van der Waals surface area contributed by atoms with Crippen molar-refractivity contribution in [1.29, 1.82) is 0 Å². The number of fused-ring (bicyclic) bond motifs is 5. The average Bonchev–Trinajstić information content (AvgIpc) is 3.33. The Labute approximate surface area is 169 Å². The van der Waals surface area contributed by atoms with Crippen molar-refractivity contribution >= 4 is 9.84 Å². The molecule has 4 nitrogen and oxygen atoms in total. The molecular weight excluding hydrogens is 384 g/mol. The molecule has 2 atom stereocenters. The standard InChI is InChI=1S/C24H20O4S/c1-14-7-11-18(12-8-14)29(27,28)24-21(15-5-3-2-4-6-15)22(25)19-16-9-10-17(13-16)20(19)23(24)26/h2-12,16-17,25-26H,13H2,1H3. The van der Waals surface area contributed by atoms with Gasteiger partial charge in [0.25, 0.3) is 0 Å². The highest BCUT2D eigenvalue weighted by molar-refractivity contribution is 7.91. The first-order valence-electron chi connectivity index (χ1n) is 9.56. The number of rotatable bonds is 3. The lowest BCUT2D eigenvalue weighted by atomic mass is 9.90. The first-order valence-corrected chi connectivity index (χ1v) is 11.0. The molecule has 2 aliphatic rings. The Morgan fingerprint density at radius 2 is 1.41 bits per heavy atom. The monoisotopic (exact) mass is 404 g/mol. The van der Waals surface area contributed by atoms with E-state index in [1.54, 1.807) is 36.4 Å². The van der Waals surface area contributed by atoms with Gasteiger partial charge in [-0.3, -0.25) is 0 Å². The second kappa shape index (κ2) is 6.22. The molecule has 2 aliphatic carbocycles. The van der Waals surface area contributed by atoms with Crippen LogP contribution in [0.2, 0.25) is 0 Å². The van der Waals surface area contributed by atoms with E-state index in [0.29, 0.717) is 16.7 Å². The molecule has 146 valence electrons. The lowest BCUT2D eigenvalue weighted by molar-refractivity contribution is 0.438. The van der Waals surface area contributed by atoms with Crippen LogP contribution in [0.1, 0.15) is 34.9 Å². The van der Waals surface area contributed by atoms with E-state index in [1.807, 2.05) is 25.1 Å². The van der Waals surface area contributed by atoms with Crippen LogP contribution in [0.5, 0.6) is 11.5 Å². The van der Waals surface area contributed by atoms with Crippen molar-refractivity contribution in [3.63, 3.8) is 0 Å². The smallest absolute Gasteiger partial charge is 0.211 e. The molecule has 0 aliphatic heterocycles. The zero-order valence-corrected chi connectivity index (χ0v) is 16.6. The lowest BCUT2D eigenvalue weighted by Crippen LogP contribution is -2.08. The summed E-state index contributed by atoms with van der Waals surface area (Å²) in [6.07, 6.45) is 4.75. The summed E-state index contributed by atoms with van der Waals surface area (Å²) in [5.74, 6) is -0.363. The van der Waals surface area contributed by atoms with Gasteiger partial charge >= 0.3 is 0 Å². The van der Waals surface area contributed by atoms with Gasteiger partial charge in [0.1, 0.15) is 16.4 Å². The number of hydrogen-bond acceptors (Lipinski definition) is 4. The minimum absolute atomic E-state index is 0.000471. The molecule has 0 heterocycles. The third kappa shape index (κ3) is 2.54. The predicted octanol–water partition coefficient (Wildman–Crippen LogP) is 5.05. The normalized spacial score (nSPS) is 19.5. The van der Waals surface area contributed by atoms with Crippen LogP contribution in [-0.4, -0.2) is 18.6 Å². The van der Waals surface area contributed by atoms with Crippen LogP contribution >= 0.6 is 0 Å². The number of phenols is 2. The number of benzene rings is 3. The van der Waals surface area contributed by atoms with Gasteiger partial charge in [-0.2, -0.15) is 0 Å². The summed E-state index contributed by atoms with van der Waals surface area (Å²) in [6.45, 7) is 1.88. The van der Waals surface area contributed by atoms with Gasteiger partial charge in [0, 0.05) is 28.5 Å². The van der Waals surface area contributed by atoms with E-state index in [1.165, 1.54) is 12.1 Å². The Bertz CT molecular complexity index is 1260. The number of phenolic OH excluding ortho intramolecular Hbond substituents is 2. The van der Waals surface area contributed by atoms with Crippen LogP contribution in [0.25, 0.3) is 11.1 Å². The lowest BCUT2D eigenvalue weighted by Gasteiger charge is -2.22. The molecule has 29 heavy (non-hydrogen) atoms. The summed E-state index contributed by atoms with van der Waals surface area (Å²) in [7, 11) is -4.06. The first kappa shape index (κ1) is 18.0. The van der Waals surface area contributed by atoms with Crippen molar-refractivity contribution in [3.05, 3.63) is 83.4 Å². The maximum Gasteiger partial charge on any atom is 0.211 e. The molecule has 3 aromatic carbocycles. The van der Waals surface area contributed by atoms with Gasteiger partial charge in [0.15, 0.2) is 0 Å². The number of allylic oxidation sites excluding steroid dienone is 2. The van der Waals surface area contributed by atoms with Gasteiger partial charge in [0.2, 0.25) is 9.84 Å². The molecule has 0 saturated heterocycles. The second-order valence-corrected chi connectivity index (χ2v) is 9.63. The molecular formula is C24H20O4S. The summed E-state index contributed by atoms with van der Waals surface area (Å²) in [5, 5.41) is 22.5. The SMILES string of the molecule is Cc1ccc(S(=O)(=O)c2c(O)c3c(c(O)c2-c2ccccc2)C2C=CC3C2)cc1. The largest absolute Gasteiger partial charge is 0.507 e. The average molecular weight is 404 g/mol. The molecule has 2 N–H and O–H groups in total. The van der Waals surface area contributed by atoms with Crippen LogP contribution in [0.3, 0.4) is 0 Å². The third-order valence-electron chi connectivity index (χ3n) is 5.97. The Kier molecular flexibility index (Phi) is 3.87. The van der Waals surface area contributed by atoms with Crippen molar-refractivity contribution < 1.29 is 18.6 Å². The molecule has 0 saturated carbocycles. The van der Waals surface area contributed by atoms with Crippen LogP contribution in [0.15, 0.2) is 76.5 Å². The Morgan fingerprint density at radius 3 is 2.03 bits per heavy atom. The maximum atomic E-state index is 13.6. The molecule has 0 amide bonds. The number of aromatic hydroxyl groups is 2. The summed E-state index contributed by atoms with van der Waals surface area (Å²) in [5.41, 5.74) is 2.86. The van der Waals surface area contributed by atoms with E-state index in [-0.39, 0.29) is 38.7 Å². The van der Waals surface area contributed by atoms with E-state index in [9.17, 15) is 18.6 Å². The molecule has 0 aromatic heterocycles. The molecule has 0 radical (unpaired) electrons. The molecule has 3 aromatic rings. The van der Waals surface area contributed by atoms with Crippen molar-refractivity contribution in [3.8, 4) is 22.6 Å². The Balaban J connectivity index is 1.87. The second-order valence-electron chi connectivity index (χ2n) is 7.74. The molecule has 0 spiro atoms. The van der Waals surface area contributed by atoms with Crippen LogP contribution < -0.4 is 0 Å². The van der Waals surface area contributed by atoms with Crippen LogP contribution in [0.4, 0.5) is 0 Å². The zero-order chi connectivity index (χ0) is 20.3. The van der Waals surface area contributed by atoms with E-state index < -0.39 is 9.84 Å². The highest BCUT2D eigenvalue weighted by Crippen LogP contribution is 2.59. The van der Waals surface area contributed by atoms with Crippen LogP contribution in [0, 0.1) is 6.92 Å². The van der Waals surface area contributed by atoms with Gasteiger partial charge < -0.3 is 10.2 Å². The molecule has 5 rings (SSSR count). The van der Waals surface area contributed by atoms with Gasteiger partial charge in [-0.1, -0.05) is 60.2 Å². The highest BCUT2D eigenvalue weighted by atomic mass is 32.2. The van der Waals surface area contributed by atoms with Crippen molar-refractivity contribution in [1.82, 2.24) is 0 Å². The van der Waals surface area contributed by atoms with E-state index in [0.717, 1.165) is 12.0 Å². The maximum absolute atomic E-state index is 13.6. The van der Waals surface area contributed by atoms with Crippen LogP contribution in [-0.2, 0) is 9.84 Å². The summed E-state index contributed by atoms with van der Waals surface area (Å²) < 4.78 is 27.3. The van der Waals surface area contributed by atoms with Gasteiger partial charge in [-0.05, 0) is 31.0 Å². The quantitative estimate of drug-likeness (QED) is 0.473. The fourth-order valence-electron chi connectivity index (χ4n) is 4.59. The highest BCUT2D eigenvalue weighted by Gasteiger charge is 2.42. The fraction of sp³-hybridized carbons (Fsp3) is 0.167. The minimum atomic E-state index is -4.06. The number of hydrogen-bond donors (Lipinski definition) is 2. The topological polar surface area (TPSA) is 74.6 Å². The molecule has 2 bridgehead atoms. The third-order valence-corrected chi connectivity index (χ3v) is 7.79.